The van der Waals surface area contributed by atoms with Gasteiger partial charge in [-0.15, -0.1) is 22.9 Å². The number of rotatable bonds is 10. The number of carbonyl (C=O) groups is 3. The van der Waals surface area contributed by atoms with Gasteiger partial charge in [0, 0.05) is 74.4 Å². The molecule has 8 rings (SSSR count). The number of aliphatic hydroxyl groups excluding tert-OH is 3. The molecule has 4 N–H and O–H groups in total. The third-order valence-corrected chi connectivity index (χ3v) is 12.4. The summed E-state index contributed by atoms with van der Waals surface area (Å²) < 4.78 is 18.0. The van der Waals surface area contributed by atoms with Crippen LogP contribution in [-0.2, 0) is 11.2 Å². The van der Waals surface area contributed by atoms with E-state index in [0.717, 1.165) is 44.0 Å². The maximum Gasteiger partial charge on any atom is 0.415 e. The molecule has 4 aromatic carbocycles. The summed E-state index contributed by atoms with van der Waals surface area (Å²) in [5, 5.41) is 36.7. The number of hydrogen-bond acceptors (Lipinski definition) is 11. The number of hydrogen-bond donors (Lipinski definition) is 4. The van der Waals surface area contributed by atoms with Gasteiger partial charge >= 0.3 is 6.09 Å². The lowest BCUT2D eigenvalue weighted by molar-refractivity contribution is -0.229. The van der Waals surface area contributed by atoms with Crippen LogP contribution in [0.3, 0.4) is 0 Å². The number of carbonyl (C=O) groups excluding carboxylic acids is 3. The zero-order valence-electron chi connectivity index (χ0n) is 31.4. The number of nitrogens with zero attached hydrogens (tertiary/aromatic N) is 3. The smallest absolute Gasteiger partial charge is 0.415 e. The Labute approximate surface area is 337 Å². The van der Waals surface area contributed by atoms with E-state index in [-0.39, 0.29) is 30.0 Å². The van der Waals surface area contributed by atoms with Crippen molar-refractivity contribution in [3.63, 3.8) is 0 Å². The predicted octanol–water partition coefficient (Wildman–Crippen LogP) is 5.10. The molecule has 0 spiro atoms. The van der Waals surface area contributed by atoms with Crippen LogP contribution in [0, 0.1) is 0 Å². The summed E-state index contributed by atoms with van der Waals surface area (Å²) in [6.45, 7) is 1.30. The van der Waals surface area contributed by atoms with Crippen molar-refractivity contribution in [1.82, 2.24) is 10.2 Å². The molecule has 13 nitrogen and oxygen atoms in total. The average molecular weight is 815 g/mol. The van der Waals surface area contributed by atoms with Crippen molar-refractivity contribution in [3.8, 4) is 11.5 Å². The minimum absolute atomic E-state index is 0.0273. The van der Waals surface area contributed by atoms with E-state index in [1.54, 1.807) is 41.1 Å². The highest BCUT2D eigenvalue weighted by Crippen LogP contribution is 2.47. The van der Waals surface area contributed by atoms with Crippen LogP contribution in [0.5, 0.6) is 11.5 Å². The lowest BCUT2D eigenvalue weighted by Gasteiger charge is -2.36. The molecule has 3 aliphatic rings. The largest absolute Gasteiger partial charge is 0.464 e. The third-order valence-electron chi connectivity index (χ3n) is 11.0. The fourth-order valence-corrected chi connectivity index (χ4v) is 9.18. The molecular weight excluding hydrogens is 772 g/mol. The molecule has 0 bridgehead atoms. The van der Waals surface area contributed by atoms with E-state index < -0.39 is 37.3 Å². The van der Waals surface area contributed by atoms with Gasteiger partial charge in [0.15, 0.2) is 0 Å². The Morgan fingerprint density at radius 2 is 1.58 bits per heavy atom. The molecule has 57 heavy (non-hydrogen) atoms. The second-order valence-corrected chi connectivity index (χ2v) is 15.9. The number of alkyl halides is 1. The first kappa shape index (κ1) is 39.0. The number of amides is 3. The third kappa shape index (κ3) is 7.20. The van der Waals surface area contributed by atoms with Gasteiger partial charge in [-0.2, -0.15) is 0 Å². The zero-order chi connectivity index (χ0) is 40.0. The first-order valence-corrected chi connectivity index (χ1v) is 20.2. The van der Waals surface area contributed by atoms with Gasteiger partial charge in [0.25, 0.3) is 11.8 Å². The molecule has 298 valence electrons. The van der Waals surface area contributed by atoms with Crippen LogP contribution in [-0.4, -0.2) is 115 Å². The molecule has 1 unspecified atom stereocenters. The molecule has 0 saturated carbocycles. The highest BCUT2D eigenvalue weighted by molar-refractivity contribution is 7.16. The molecule has 5 atom stereocenters. The van der Waals surface area contributed by atoms with E-state index in [0.29, 0.717) is 65.2 Å². The second-order valence-electron chi connectivity index (χ2n) is 14.5. The molecule has 1 aromatic heterocycles. The van der Waals surface area contributed by atoms with Crippen LogP contribution in [0.15, 0.2) is 72.8 Å². The molecule has 5 aromatic rings. The lowest BCUT2D eigenvalue weighted by Crippen LogP contribution is -2.51. The van der Waals surface area contributed by atoms with Gasteiger partial charge in [0.1, 0.15) is 23.7 Å². The van der Waals surface area contributed by atoms with Crippen molar-refractivity contribution in [1.29, 1.82) is 0 Å². The van der Waals surface area contributed by atoms with E-state index in [9.17, 15) is 29.7 Å². The van der Waals surface area contributed by atoms with Crippen molar-refractivity contribution in [3.05, 3.63) is 93.7 Å². The van der Waals surface area contributed by atoms with Gasteiger partial charge in [-0.25, -0.2) is 4.79 Å². The van der Waals surface area contributed by atoms with Crippen LogP contribution in [0.4, 0.5) is 16.2 Å². The second kappa shape index (κ2) is 16.2. The minimum atomic E-state index is -1.26. The number of benzene rings is 4. The fraction of sp³-hybridized carbons (Fsp3) is 0.357. The number of thiophene rings is 1. The SMILES string of the molecule is CNCCN(C)C(=O)Oc1cc2c(c3ccccc13)CCN2C(=O)c1ccc(C(=O)N2C[C@@H](CCl)c3c2cc(O[C@H]2C[C@@H](O)[C@@H](O)C(CO)O2)c2ccccc32)s1. The van der Waals surface area contributed by atoms with Crippen LogP contribution in [0.2, 0.25) is 0 Å². The fourth-order valence-electron chi connectivity index (χ4n) is 8.02. The standard InChI is InChI=1S/C42H43ClN4O9S/c1-44-14-16-45(2)42(53)56-33-17-29-25(24-7-3-4-8-26(24)33)13-15-46(29)40(51)35-11-12-36(57-35)41(52)47-21-23(20-43)38-28-10-6-5-9-27(28)32(18-30(38)47)54-37-19-31(49)39(50)34(22-48)55-37/h3-12,17-18,23,31,34,37,39,44,48-50H,13-16,19-22H2,1-2H3/t23-,31-,34?,37-,39-/m1/s1. The number of aliphatic hydroxyl groups is 3. The van der Waals surface area contributed by atoms with Gasteiger partial charge in [-0.05, 0) is 47.5 Å². The quantitative estimate of drug-likeness (QED) is 0.140. The van der Waals surface area contributed by atoms with Crippen molar-refractivity contribution in [2.45, 2.75) is 43.4 Å². The molecule has 1 saturated heterocycles. The maximum absolute atomic E-state index is 14.4. The van der Waals surface area contributed by atoms with Crippen molar-refractivity contribution < 1.29 is 43.9 Å². The van der Waals surface area contributed by atoms with E-state index in [4.69, 9.17) is 25.8 Å². The Bertz CT molecular complexity index is 2360. The highest BCUT2D eigenvalue weighted by Gasteiger charge is 2.40. The van der Waals surface area contributed by atoms with Gasteiger partial charge < -0.3 is 49.5 Å². The molecule has 0 aliphatic carbocycles. The number of ether oxygens (including phenoxy) is 3. The summed E-state index contributed by atoms with van der Waals surface area (Å²) in [4.78, 5) is 47.2. The Kier molecular flexibility index (Phi) is 11.1. The predicted molar refractivity (Wildman–Crippen MR) is 218 cm³/mol. The zero-order valence-corrected chi connectivity index (χ0v) is 33.0. The van der Waals surface area contributed by atoms with E-state index in [2.05, 4.69) is 5.32 Å². The van der Waals surface area contributed by atoms with Crippen LogP contribution in [0.1, 0.15) is 42.8 Å². The maximum atomic E-state index is 14.4. The summed E-state index contributed by atoms with van der Waals surface area (Å²) in [7, 11) is 3.48. The first-order valence-electron chi connectivity index (χ1n) is 18.9. The molecule has 0 radical (unpaired) electrons. The van der Waals surface area contributed by atoms with Gasteiger partial charge in [-0.3, -0.25) is 9.59 Å². The van der Waals surface area contributed by atoms with E-state index >= 15 is 0 Å². The number of nitrogens with one attached hydrogen (secondary N) is 1. The summed E-state index contributed by atoms with van der Waals surface area (Å²) in [6.07, 6.45) is -4.33. The molecule has 15 heteroatoms. The van der Waals surface area contributed by atoms with Gasteiger partial charge in [0.2, 0.25) is 6.29 Å². The van der Waals surface area contributed by atoms with Crippen LogP contribution >= 0.6 is 22.9 Å². The van der Waals surface area contributed by atoms with E-state index in [1.165, 1.54) is 4.90 Å². The Morgan fingerprint density at radius 1 is 0.930 bits per heavy atom. The molecule has 4 heterocycles. The topological polar surface area (TPSA) is 161 Å². The average Bonchev–Trinajstić information content (AvgIpc) is 3.99. The van der Waals surface area contributed by atoms with Crippen molar-refractivity contribution in [2.24, 2.45) is 0 Å². The molecule has 1 fully saturated rings. The molecule has 3 aliphatic heterocycles. The first-order chi connectivity index (χ1) is 27.6. The highest BCUT2D eigenvalue weighted by atomic mass is 35.5. The summed E-state index contributed by atoms with van der Waals surface area (Å²) in [5.41, 5.74) is 3.15. The van der Waals surface area contributed by atoms with Crippen LogP contribution < -0.4 is 24.6 Å². The normalized spacial score (nSPS) is 21.5. The number of fused-ring (bicyclic) bond motifs is 6. The van der Waals surface area contributed by atoms with Crippen LogP contribution in [0.25, 0.3) is 21.5 Å². The van der Waals surface area contributed by atoms with Crippen molar-refractivity contribution >= 4 is 73.8 Å². The van der Waals surface area contributed by atoms with E-state index in [1.807, 2.05) is 55.6 Å². The number of likely N-dealkylation sites (N-methyl/N-ethyl adjacent to an activating group) is 2. The van der Waals surface area contributed by atoms with Crippen molar-refractivity contribution in [2.75, 3.05) is 62.6 Å². The number of anilines is 2. The Hall–Kier alpha value is -4.80. The van der Waals surface area contributed by atoms with Gasteiger partial charge in [0.05, 0.1) is 33.8 Å². The molecular formula is C42H43ClN4O9S. The summed E-state index contributed by atoms with van der Waals surface area (Å²) in [6, 6.07) is 22.1. The number of halogens is 1. The Balaban J connectivity index is 1.08. The van der Waals surface area contributed by atoms with Gasteiger partial charge in [-0.1, -0.05) is 48.5 Å². The summed E-state index contributed by atoms with van der Waals surface area (Å²) in [5.74, 6) is 0.275. The minimum Gasteiger partial charge on any atom is -0.464 e. The summed E-state index contributed by atoms with van der Waals surface area (Å²) >= 11 is 7.65. The monoisotopic (exact) mass is 814 g/mol. The Morgan fingerprint density at radius 3 is 2.26 bits per heavy atom. The lowest BCUT2D eigenvalue weighted by atomic mass is 9.95. The molecule has 3 amide bonds.